The van der Waals surface area contributed by atoms with Gasteiger partial charge in [0.1, 0.15) is 0 Å². The van der Waals surface area contributed by atoms with Crippen LogP contribution in [0.15, 0.2) is 48.5 Å². The van der Waals surface area contributed by atoms with E-state index in [-0.39, 0.29) is 18.7 Å². The van der Waals surface area contributed by atoms with E-state index >= 15 is 0 Å². The van der Waals surface area contributed by atoms with Crippen molar-refractivity contribution in [3.63, 3.8) is 0 Å². The van der Waals surface area contributed by atoms with Crippen molar-refractivity contribution in [2.24, 2.45) is 0 Å². The number of nitrogens with zero attached hydrogens (tertiary/aromatic N) is 2. The van der Waals surface area contributed by atoms with Gasteiger partial charge in [0.2, 0.25) is 0 Å². The van der Waals surface area contributed by atoms with E-state index in [1.165, 1.54) is 12.0 Å². The normalized spacial score (nSPS) is 19.9. The summed E-state index contributed by atoms with van der Waals surface area (Å²) in [7, 11) is 1.67. The average Bonchev–Trinajstić information content (AvgIpc) is 2.72. The van der Waals surface area contributed by atoms with Crippen molar-refractivity contribution in [1.29, 1.82) is 0 Å². The molecule has 1 aliphatic heterocycles. The molecular weight excluding hydrogens is 380 g/mol. The number of carboxylic acids is 1. The number of benzene rings is 2. The second-order valence-corrected chi connectivity index (χ2v) is 8.16. The molecule has 2 fully saturated rings. The van der Waals surface area contributed by atoms with Crippen LogP contribution in [0.25, 0.3) is 0 Å². The van der Waals surface area contributed by atoms with Gasteiger partial charge in [-0.25, -0.2) is 0 Å². The first-order valence-electron chi connectivity index (χ1n) is 10.7. The third kappa shape index (κ3) is 4.87. The van der Waals surface area contributed by atoms with Crippen LogP contribution in [0.4, 0.5) is 5.69 Å². The number of rotatable bonds is 8. The number of ether oxygens (including phenoxy) is 2. The van der Waals surface area contributed by atoms with Gasteiger partial charge in [-0.05, 0) is 43.4 Å². The average molecular weight is 411 g/mol. The predicted octanol–water partition coefficient (Wildman–Crippen LogP) is 3.44. The zero-order valence-electron chi connectivity index (χ0n) is 17.5. The third-order valence-corrected chi connectivity index (χ3v) is 6.12. The Balaban J connectivity index is 1.52. The highest BCUT2D eigenvalue weighted by Gasteiger charge is 2.29. The summed E-state index contributed by atoms with van der Waals surface area (Å²) in [4.78, 5) is 15.8. The molecule has 0 aromatic heterocycles. The summed E-state index contributed by atoms with van der Waals surface area (Å²) in [6.45, 7) is 2.35. The molecule has 4 rings (SSSR count). The molecule has 1 heterocycles. The third-order valence-electron chi connectivity index (χ3n) is 6.12. The minimum Gasteiger partial charge on any atom is -0.493 e. The van der Waals surface area contributed by atoms with Gasteiger partial charge in [0.25, 0.3) is 0 Å². The Kier molecular flexibility index (Phi) is 6.43. The van der Waals surface area contributed by atoms with Crippen molar-refractivity contribution in [1.82, 2.24) is 4.90 Å². The second-order valence-electron chi connectivity index (χ2n) is 8.16. The Labute approximate surface area is 178 Å². The summed E-state index contributed by atoms with van der Waals surface area (Å²) in [5.74, 6) is 0.783. The highest BCUT2D eigenvalue weighted by Crippen LogP contribution is 2.36. The number of anilines is 1. The Hall–Kier alpha value is -2.73. The molecule has 1 saturated heterocycles. The van der Waals surface area contributed by atoms with Crippen LogP contribution in [0.3, 0.4) is 0 Å². The van der Waals surface area contributed by atoms with Gasteiger partial charge in [-0.3, -0.25) is 9.69 Å². The van der Waals surface area contributed by atoms with Crippen molar-refractivity contribution in [2.75, 3.05) is 38.2 Å². The molecule has 0 radical (unpaired) electrons. The number of hydrogen-bond donors (Lipinski definition) is 1. The molecule has 6 heteroatoms. The van der Waals surface area contributed by atoms with Crippen LogP contribution >= 0.6 is 0 Å². The maximum Gasteiger partial charge on any atom is 0.317 e. The van der Waals surface area contributed by atoms with Gasteiger partial charge in [-0.15, -0.1) is 0 Å². The van der Waals surface area contributed by atoms with E-state index in [1.54, 1.807) is 7.11 Å². The van der Waals surface area contributed by atoms with Crippen molar-refractivity contribution in [3.05, 3.63) is 54.1 Å². The molecule has 1 atom stereocenters. The zero-order chi connectivity index (χ0) is 20.9. The maximum absolute atomic E-state index is 11.4. The summed E-state index contributed by atoms with van der Waals surface area (Å²) < 4.78 is 11.7. The lowest BCUT2D eigenvalue weighted by Gasteiger charge is -2.42. The van der Waals surface area contributed by atoms with E-state index in [0.29, 0.717) is 6.54 Å². The Morgan fingerprint density at radius 3 is 2.57 bits per heavy atom. The van der Waals surface area contributed by atoms with E-state index < -0.39 is 5.97 Å². The molecule has 1 N–H and O–H groups in total. The highest BCUT2D eigenvalue weighted by molar-refractivity contribution is 5.69. The molecule has 30 heavy (non-hydrogen) atoms. The molecule has 0 bridgehead atoms. The largest absolute Gasteiger partial charge is 0.493 e. The topological polar surface area (TPSA) is 62.2 Å². The highest BCUT2D eigenvalue weighted by atomic mass is 16.5. The van der Waals surface area contributed by atoms with Crippen LogP contribution in [0.1, 0.15) is 24.8 Å². The quantitative estimate of drug-likeness (QED) is 0.719. The molecule has 2 aliphatic rings. The number of hydrogen-bond acceptors (Lipinski definition) is 5. The van der Waals surface area contributed by atoms with E-state index in [1.807, 2.05) is 24.3 Å². The lowest BCUT2D eigenvalue weighted by atomic mass is 9.96. The molecule has 160 valence electrons. The Bertz CT molecular complexity index is 854. The molecule has 1 aliphatic carbocycles. The standard InChI is InChI=1S/C24H30N2O4/c1-29-22-11-10-19(15-23(22)30-21-8-5-9-21)25-12-13-26(17-24(27)28)20(16-25)14-18-6-3-2-4-7-18/h2-4,6-7,10-11,15,20-21H,5,8-9,12-14,16-17H2,1H3,(H,27,28). The van der Waals surface area contributed by atoms with Crippen LogP contribution in [0.2, 0.25) is 0 Å². The van der Waals surface area contributed by atoms with E-state index in [9.17, 15) is 9.90 Å². The van der Waals surface area contributed by atoms with E-state index in [2.05, 4.69) is 34.1 Å². The Morgan fingerprint density at radius 1 is 1.10 bits per heavy atom. The summed E-state index contributed by atoms with van der Waals surface area (Å²) in [6, 6.07) is 16.5. The molecule has 2 aromatic carbocycles. The van der Waals surface area contributed by atoms with Gasteiger partial charge in [0.15, 0.2) is 11.5 Å². The van der Waals surface area contributed by atoms with Crippen molar-refractivity contribution < 1.29 is 19.4 Å². The molecule has 0 amide bonds. The Morgan fingerprint density at radius 2 is 1.90 bits per heavy atom. The maximum atomic E-state index is 11.4. The van der Waals surface area contributed by atoms with Gasteiger partial charge in [-0.2, -0.15) is 0 Å². The molecule has 0 spiro atoms. The lowest BCUT2D eigenvalue weighted by Crippen LogP contribution is -2.55. The van der Waals surface area contributed by atoms with Crippen molar-refractivity contribution >= 4 is 11.7 Å². The van der Waals surface area contributed by atoms with Crippen LogP contribution in [0, 0.1) is 0 Å². The zero-order valence-corrected chi connectivity index (χ0v) is 17.5. The summed E-state index contributed by atoms with van der Waals surface area (Å²) in [6.07, 6.45) is 4.53. The van der Waals surface area contributed by atoms with Crippen LogP contribution in [-0.4, -0.2) is 61.4 Å². The predicted molar refractivity (Wildman–Crippen MR) is 117 cm³/mol. The van der Waals surface area contributed by atoms with E-state index in [0.717, 1.165) is 49.5 Å². The lowest BCUT2D eigenvalue weighted by molar-refractivity contribution is -0.139. The smallest absolute Gasteiger partial charge is 0.317 e. The van der Waals surface area contributed by atoms with Gasteiger partial charge in [0.05, 0.1) is 19.8 Å². The summed E-state index contributed by atoms with van der Waals surface area (Å²) in [5.41, 5.74) is 2.32. The summed E-state index contributed by atoms with van der Waals surface area (Å²) >= 11 is 0. The van der Waals surface area contributed by atoms with Crippen molar-refractivity contribution in [3.8, 4) is 11.5 Å². The first kappa shape index (κ1) is 20.5. The van der Waals surface area contributed by atoms with Gasteiger partial charge in [-0.1, -0.05) is 30.3 Å². The van der Waals surface area contributed by atoms with Gasteiger partial charge in [0, 0.05) is 37.4 Å². The SMILES string of the molecule is COc1ccc(N2CCN(CC(=O)O)C(Cc3ccccc3)C2)cc1OC1CCC1. The number of piperazine rings is 1. The molecule has 1 saturated carbocycles. The van der Waals surface area contributed by atoms with Gasteiger partial charge < -0.3 is 19.5 Å². The van der Waals surface area contributed by atoms with Gasteiger partial charge >= 0.3 is 5.97 Å². The number of carboxylic acid groups (broad SMARTS) is 1. The number of carbonyl (C=O) groups is 1. The van der Waals surface area contributed by atoms with Crippen molar-refractivity contribution in [2.45, 2.75) is 37.8 Å². The fourth-order valence-electron chi connectivity index (χ4n) is 4.21. The minimum atomic E-state index is -0.776. The number of methoxy groups -OCH3 is 1. The van der Waals surface area contributed by atoms with Crippen LogP contribution < -0.4 is 14.4 Å². The first-order chi connectivity index (χ1) is 14.6. The molecule has 2 aromatic rings. The van der Waals surface area contributed by atoms with Crippen LogP contribution in [0.5, 0.6) is 11.5 Å². The van der Waals surface area contributed by atoms with Crippen LogP contribution in [-0.2, 0) is 11.2 Å². The second kappa shape index (κ2) is 9.39. The first-order valence-corrected chi connectivity index (χ1v) is 10.7. The molecular formula is C24H30N2O4. The molecule has 6 nitrogen and oxygen atoms in total. The minimum absolute atomic E-state index is 0.0734. The summed E-state index contributed by atoms with van der Waals surface area (Å²) in [5, 5.41) is 9.35. The van der Waals surface area contributed by atoms with E-state index in [4.69, 9.17) is 9.47 Å². The fourth-order valence-corrected chi connectivity index (χ4v) is 4.21. The monoisotopic (exact) mass is 410 g/mol. The molecule has 1 unspecified atom stereocenters. The number of aliphatic carboxylic acids is 1. The fraction of sp³-hybridized carbons (Fsp3) is 0.458.